The predicted molar refractivity (Wildman–Crippen MR) is 169 cm³/mol. The van der Waals surface area contributed by atoms with E-state index in [1.165, 1.54) is 31.4 Å². The SMILES string of the molecule is CC(C)(C)CC1NC[C@H](c2cccc(Cl)c2F)C1C#N.CCOC(=O)c1ccc(NC=O)c(OC)c1.Fc1cccc(Cl)c1. The zero-order chi connectivity index (χ0) is 32.9. The van der Waals surface area contributed by atoms with Crippen LogP contribution in [0.15, 0.2) is 60.7 Å². The number of esters is 1. The van der Waals surface area contributed by atoms with Gasteiger partial charge in [-0.05, 0) is 66.8 Å². The van der Waals surface area contributed by atoms with E-state index in [1.807, 2.05) is 0 Å². The van der Waals surface area contributed by atoms with Gasteiger partial charge in [0, 0.05) is 23.5 Å². The number of hydrogen-bond donors (Lipinski definition) is 2. The fourth-order valence-electron chi connectivity index (χ4n) is 4.64. The molecular weight excluding hydrogens is 611 g/mol. The molecule has 3 aromatic rings. The Hall–Kier alpha value is -3.71. The van der Waals surface area contributed by atoms with Crippen LogP contribution in [0.5, 0.6) is 5.75 Å². The summed E-state index contributed by atoms with van der Waals surface area (Å²) in [5, 5.41) is 15.9. The number of rotatable bonds is 7. The maximum atomic E-state index is 14.2. The van der Waals surface area contributed by atoms with Crippen molar-refractivity contribution in [1.82, 2.24) is 5.32 Å². The van der Waals surface area contributed by atoms with Crippen molar-refractivity contribution in [2.45, 2.75) is 46.1 Å². The molecule has 1 saturated heterocycles. The average Bonchev–Trinajstić information content (AvgIpc) is 3.36. The van der Waals surface area contributed by atoms with Gasteiger partial charge in [0.15, 0.2) is 0 Å². The molecular formula is C33H37Cl2F2N3O4. The normalized spacial score (nSPS) is 17.1. The van der Waals surface area contributed by atoms with Gasteiger partial charge in [0.2, 0.25) is 6.41 Å². The molecule has 0 spiro atoms. The highest BCUT2D eigenvalue weighted by Crippen LogP contribution is 2.38. The van der Waals surface area contributed by atoms with Gasteiger partial charge < -0.3 is 20.1 Å². The summed E-state index contributed by atoms with van der Waals surface area (Å²) in [6.07, 6.45) is 1.44. The van der Waals surface area contributed by atoms with E-state index < -0.39 is 11.8 Å². The first kappa shape index (κ1) is 36.5. The molecule has 11 heteroatoms. The Kier molecular flexibility index (Phi) is 14.6. The monoisotopic (exact) mass is 647 g/mol. The lowest BCUT2D eigenvalue weighted by molar-refractivity contribution is -0.105. The molecule has 0 bridgehead atoms. The van der Waals surface area contributed by atoms with Crippen LogP contribution in [0.2, 0.25) is 10.0 Å². The molecule has 236 valence electrons. The Balaban J connectivity index is 0.000000250. The van der Waals surface area contributed by atoms with Gasteiger partial charge in [-0.15, -0.1) is 0 Å². The fraction of sp³-hybridized carbons (Fsp3) is 0.364. The lowest BCUT2D eigenvalue weighted by atomic mass is 9.79. The van der Waals surface area contributed by atoms with Crippen molar-refractivity contribution in [3.8, 4) is 11.8 Å². The lowest BCUT2D eigenvalue weighted by Gasteiger charge is -2.26. The molecule has 1 amide bonds. The van der Waals surface area contributed by atoms with Crippen molar-refractivity contribution in [2.24, 2.45) is 11.3 Å². The highest BCUT2D eigenvalue weighted by Gasteiger charge is 2.39. The number of nitrogens with one attached hydrogen (secondary N) is 2. The average molecular weight is 649 g/mol. The minimum Gasteiger partial charge on any atom is -0.495 e. The van der Waals surface area contributed by atoms with Gasteiger partial charge in [-0.25, -0.2) is 13.6 Å². The molecule has 44 heavy (non-hydrogen) atoms. The minimum absolute atomic E-state index is 0.100. The van der Waals surface area contributed by atoms with Crippen LogP contribution in [0.3, 0.4) is 0 Å². The molecule has 1 fully saturated rings. The third-order valence-electron chi connectivity index (χ3n) is 6.54. The summed E-state index contributed by atoms with van der Waals surface area (Å²) >= 11 is 11.3. The van der Waals surface area contributed by atoms with Gasteiger partial charge in [0.1, 0.15) is 17.4 Å². The first-order valence-electron chi connectivity index (χ1n) is 13.9. The lowest BCUT2D eigenvalue weighted by Crippen LogP contribution is -2.31. The Labute approximate surface area is 267 Å². The molecule has 1 heterocycles. The topological polar surface area (TPSA) is 100 Å². The Morgan fingerprint density at radius 2 is 1.84 bits per heavy atom. The van der Waals surface area contributed by atoms with Gasteiger partial charge in [-0.3, -0.25) is 4.79 Å². The number of methoxy groups -OCH3 is 1. The van der Waals surface area contributed by atoms with Crippen LogP contribution >= 0.6 is 23.2 Å². The van der Waals surface area contributed by atoms with Crippen molar-refractivity contribution >= 4 is 41.3 Å². The molecule has 0 aromatic heterocycles. The third-order valence-corrected chi connectivity index (χ3v) is 7.07. The van der Waals surface area contributed by atoms with E-state index in [4.69, 9.17) is 32.7 Å². The second-order valence-electron chi connectivity index (χ2n) is 11.0. The smallest absolute Gasteiger partial charge is 0.338 e. The molecule has 1 aliphatic rings. The number of nitriles is 1. The third kappa shape index (κ3) is 11.1. The van der Waals surface area contributed by atoms with Crippen molar-refractivity contribution in [1.29, 1.82) is 5.26 Å². The zero-order valence-electron chi connectivity index (χ0n) is 25.3. The highest BCUT2D eigenvalue weighted by molar-refractivity contribution is 6.31. The van der Waals surface area contributed by atoms with E-state index in [0.29, 0.717) is 47.1 Å². The molecule has 4 rings (SSSR count). The second kappa shape index (κ2) is 17.6. The van der Waals surface area contributed by atoms with E-state index in [9.17, 15) is 23.6 Å². The molecule has 1 aliphatic heterocycles. The summed E-state index contributed by atoms with van der Waals surface area (Å²) in [5.74, 6) is -1.04. The number of nitrogens with zero attached hydrogens (tertiary/aromatic N) is 1. The predicted octanol–water partition coefficient (Wildman–Crippen LogP) is 8.03. The summed E-state index contributed by atoms with van der Waals surface area (Å²) in [6.45, 7) is 9.12. The quantitative estimate of drug-likeness (QED) is 0.199. The van der Waals surface area contributed by atoms with Crippen LogP contribution in [0.4, 0.5) is 14.5 Å². The van der Waals surface area contributed by atoms with E-state index in [1.54, 1.807) is 43.3 Å². The number of hydrogen-bond acceptors (Lipinski definition) is 6. The van der Waals surface area contributed by atoms with Crippen LogP contribution in [0.25, 0.3) is 0 Å². The first-order chi connectivity index (χ1) is 20.8. The standard InChI is InChI=1S/C16H20ClFN2.C11H13NO4.C6H4ClF/c1-16(2,3)7-14-11(8-19)12(9-20-14)10-5-4-6-13(17)15(10)18;1-3-16-11(14)8-4-5-9(12-7-13)10(6-8)15-2;7-5-2-1-3-6(8)4-5/h4-6,11-12,14,20H,7,9H2,1-3H3;4-7H,3H2,1-2H3,(H,12,13);1-4H/t11?,12-,14?;;/m1../s1. The number of carbonyl (C=O) groups excluding carboxylic acids is 2. The van der Waals surface area contributed by atoms with Crippen LogP contribution < -0.4 is 15.4 Å². The Morgan fingerprint density at radius 3 is 2.39 bits per heavy atom. The number of ether oxygens (including phenoxy) is 2. The summed E-state index contributed by atoms with van der Waals surface area (Å²) in [5.41, 5.74) is 1.57. The van der Waals surface area contributed by atoms with Crippen LogP contribution in [-0.4, -0.2) is 38.7 Å². The van der Waals surface area contributed by atoms with Crippen LogP contribution in [-0.2, 0) is 9.53 Å². The summed E-state index contributed by atoms with van der Waals surface area (Å²) in [6, 6.07) is 18.0. The van der Waals surface area contributed by atoms with Crippen molar-refractivity contribution < 1.29 is 27.8 Å². The number of anilines is 1. The largest absolute Gasteiger partial charge is 0.495 e. The van der Waals surface area contributed by atoms with Crippen molar-refractivity contribution in [3.63, 3.8) is 0 Å². The van der Waals surface area contributed by atoms with Gasteiger partial charge in [0.25, 0.3) is 0 Å². The van der Waals surface area contributed by atoms with Crippen molar-refractivity contribution in [2.75, 3.05) is 25.6 Å². The highest BCUT2D eigenvalue weighted by atomic mass is 35.5. The van der Waals surface area contributed by atoms with E-state index in [2.05, 4.69) is 37.5 Å². The van der Waals surface area contributed by atoms with Crippen LogP contribution in [0, 0.1) is 34.3 Å². The van der Waals surface area contributed by atoms with Gasteiger partial charge in [-0.2, -0.15) is 5.26 Å². The maximum absolute atomic E-state index is 14.2. The molecule has 7 nitrogen and oxygen atoms in total. The molecule has 2 N–H and O–H groups in total. The zero-order valence-corrected chi connectivity index (χ0v) is 26.8. The molecule has 0 aliphatic carbocycles. The summed E-state index contributed by atoms with van der Waals surface area (Å²) < 4.78 is 36.1. The maximum Gasteiger partial charge on any atom is 0.338 e. The number of benzene rings is 3. The number of carbonyl (C=O) groups is 2. The second-order valence-corrected chi connectivity index (χ2v) is 11.9. The molecule has 0 saturated carbocycles. The molecule has 3 aromatic carbocycles. The van der Waals surface area contributed by atoms with Gasteiger partial charge >= 0.3 is 5.97 Å². The number of halogens is 4. The fourth-order valence-corrected chi connectivity index (χ4v) is 5.00. The molecule has 0 radical (unpaired) electrons. The Bertz CT molecular complexity index is 1430. The summed E-state index contributed by atoms with van der Waals surface area (Å²) in [7, 11) is 1.46. The van der Waals surface area contributed by atoms with E-state index >= 15 is 0 Å². The number of amides is 1. The van der Waals surface area contributed by atoms with Gasteiger partial charge in [-0.1, -0.05) is 62.2 Å². The van der Waals surface area contributed by atoms with Crippen LogP contribution in [0.1, 0.15) is 56.0 Å². The van der Waals surface area contributed by atoms with E-state index in [0.717, 1.165) is 6.42 Å². The summed E-state index contributed by atoms with van der Waals surface area (Å²) in [4.78, 5) is 21.7. The first-order valence-corrected chi connectivity index (χ1v) is 14.6. The molecule has 2 unspecified atom stereocenters. The minimum atomic E-state index is -0.418. The Morgan fingerprint density at radius 1 is 1.14 bits per heavy atom. The van der Waals surface area contributed by atoms with E-state index in [-0.39, 0.29) is 34.1 Å². The molecule has 3 atom stereocenters. The van der Waals surface area contributed by atoms with Crippen molar-refractivity contribution in [3.05, 3.63) is 93.5 Å². The van der Waals surface area contributed by atoms with Gasteiger partial charge in [0.05, 0.1) is 42.0 Å².